The van der Waals surface area contributed by atoms with E-state index in [1.807, 2.05) is 30.3 Å². The number of hydrogen-bond donors (Lipinski definition) is 0. The Morgan fingerprint density at radius 2 is 1.91 bits per heavy atom. The molecule has 1 saturated heterocycles. The van der Waals surface area contributed by atoms with Gasteiger partial charge in [0.1, 0.15) is 10.9 Å². The summed E-state index contributed by atoms with van der Waals surface area (Å²) < 4.78 is 18.2. The molecule has 0 aromatic heterocycles. The molecule has 1 aliphatic heterocycles. The molecule has 0 aliphatic carbocycles. The van der Waals surface area contributed by atoms with E-state index in [0.29, 0.717) is 31.8 Å². The summed E-state index contributed by atoms with van der Waals surface area (Å²) in [6.07, 6.45) is 1.82. The van der Waals surface area contributed by atoms with Gasteiger partial charge in [0, 0.05) is 11.0 Å². The van der Waals surface area contributed by atoms with Crippen molar-refractivity contribution < 1.29 is 23.8 Å². The van der Waals surface area contributed by atoms with Crippen LogP contribution in [0.5, 0.6) is 11.5 Å². The molecule has 32 heavy (non-hydrogen) atoms. The van der Waals surface area contributed by atoms with Crippen LogP contribution in [-0.4, -0.2) is 41.9 Å². The standard InChI is InChI=1S/C22H19Br2NO5S2/c1-28-17-10-14(9-16(24)20(17)30-12-13-3-5-15(23)6-4-13)11-18-21(27)25(22(31)32-18)8-7-19(26)29-2/h3-6,9-11H,7-8,12H2,1-2H3/b18-11+. The average Bonchev–Trinajstić information content (AvgIpc) is 3.04. The summed E-state index contributed by atoms with van der Waals surface area (Å²) in [5.74, 6) is 0.465. The SMILES string of the molecule is COC(=O)CCN1C(=O)/C(=C\c2cc(Br)c(OCc3ccc(Br)cc3)c(OC)c2)SC1=S. The summed E-state index contributed by atoms with van der Waals surface area (Å²) >= 11 is 13.5. The van der Waals surface area contributed by atoms with E-state index >= 15 is 0 Å². The van der Waals surface area contributed by atoms with E-state index in [1.165, 1.54) is 23.8 Å². The lowest BCUT2D eigenvalue weighted by molar-refractivity contribution is -0.140. The van der Waals surface area contributed by atoms with Crippen molar-refractivity contribution in [3.05, 3.63) is 61.4 Å². The second kappa shape index (κ2) is 11.3. The predicted molar refractivity (Wildman–Crippen MR) is 136 cm³/mol. The number of halogens is 2. The first-order valence-electron chi connectivity index (χ1n) is 9.39. The third kappa shape index (κ3) is 6.12. The van der Waals surface area contributed by atoms with Gasteiger partial charge in [-0.2, -0.15) is 0 Å². The normalized spacial score (nSPS) is 14.8. The largest absolute Gasteiger partial charge is 0.493 e. The number of thiocarbonyl (C=S) groups is 1. The number of rotatable bonds is 8. The van der Waals surface area contributed by atoms with Crippen molar-refractivity contribution in [3.8, 4) is 11.5 Å². The van der Waals surface area contributed by atoms with Crippen LogP contribution in [0.15, 0.2) is 50.2 Å². The van der Waals surface area contributed by atoms with Gasteiger partial charge in [0.2, 0.25) is 0 Å². The number of esters is 1. The highest BCUT2D eigenvalue weighted by Crippen LogP contribution is 2.39. The predicted octanol–water partition coefficient (Wildman–Crippen LogP) is 5.56. The maximum Gasteiger partial charge on any atom is 0.307 e. The molecule has 3 rings (SSSR count). The number of carbonyl (C=O) groups excluding carboxylic acids is 2. The summed E-state index contributed by atoms with van der Waals surface area (Å²) in [7, 11) is 2.87. The van der Waals surface area contributed by atoms with E-state index in [4.69, 9.17) is 21.7 Å². The summed E-state index contributed by atoms with van der Waals surface area (Å²) in [6, 6.07) is 11.5. The van der Waals surface area contributed by atoms with E-state index in [9.17, 15) is 9.59 Å². The Hall–Kier alpha value is -1.88. The van der Waals surface area contributed by atoms with Crippen LogP contribution < -0.4 is 9.47 Å². The smallest absolute Gasteiger partial charge is 0.307 e. The number of benzene rings is 2. The molecule has 1 aliphatic rings. The van der Waals surface area contributed by atoms with Gasteiger partial charge in [-0.15, -0.1) is 0 Å². The zero-order chi connectivity index (χ0) is 23.3. The average molecular weight is 601 g/mol. The van der Waals surface area contributed by atoms with Crippen LogP contribution in [0.4, 0.5) is 0 Å². The third-order valence-corrected chi connectivity index (χ3v) is 6.98. The van der Waals surface area contributed by atoms with Crippen LogP contribution in [0.2, 0.25) is 0 Å². The highest BCUT2D eigenvalue weighted by molar-refractivity contribution is 9.10. The van der Waals surface area contributed by atoms with E-state index in [-0.39, 0.29) is 18.9 Å². The summed E-state index contributed by atoms with van der Waals surface area (Å²) in [5, 5.41) is 0. The molecule has 2 aromatic rings. The molecule has 0 atom stereocenters. The Balaban J connectivity index is 1.77. The van der Waals surface area contributed by atoms with Crippen LogP contribution in [0.25, 0.3) is 6.08 Å². The molecule has 0 unspecified atom stereocenters. The van der Waals surface area contributed by atoms with Crippen LogP contribution in [-0.2, 0) is 20.9 Å². The number of nitrogens with zero attached hydrogens (tertiary/aromatic N) is 1. The van der Waals surface area contributed by atoms with Crippen molar-refractivity contribution in [3.63, 3.8) is 0 Å². The lowest BCUT2D eigenvalue weighted by Crippen LogP contribution is -2.30. The van der Waals surface area contributed by atoms with E-state index in [2.05, 4.69) is 36.6 Å². The van der Waals surface area contributed by atoms with E-state index < -0.39 is 5.97 Å². The summed E-state index contributed by atoms with van der Waals surface area (Å²) in [5.41, 5.74) is 1.76. The maximum atomic E-state index is 12.7. The Bertz CT molecular complexity index is 1070. The Morgan fingerprint density at radius 3 is 2.56 bits per heavy atom. The second-order valence-electron chi connectivity index (χ2n) is 6.61. The molecule has 6 nitrogen and oxygen atoms in total. The number of carbonyl (C=O) groups is 2. The van der Waals surface area contributed by atoms with Crippen molar-refractivity contribution in [1.82, 2.24) is 4.90 Å². The summed E-state index contributed by atoms with van der Waals surface area (Å²) in [4.78, 5) is 26.0. The van der Waals surface area contributed by atoms with Crippen molar-refractivity contribution in [2.75, 3.05) is 20.8 Å². The number of methoxy groups -OCH3 is 2. The zero-order valence-electron chi connectivity index (χ0n) is 17.2. The van der Waals surface area contributed by atoms with Gasteiger partial charge in [-0.05, 0) is 57.4 Å². The van der Waals surface area contributed by atoms with Gasteiger partial charge in [-0.25, -0.2) is 0 Å². The molecule has 0 spiro atoms. The third-order valence-electron chi connectivity index (χ3n) is 4.49. The van der Waals surface area contributed by atoms with Crippen molar-refractivity contribution >= 4 is 78.1 Å². The fourth-order valence-corrected chi connectivity index (χ4v) is 5.00. The summed E-state index contributed by atoms with van der Waals surface area (Å²) in [6.45, 7) is 0.560. The molecule has 0 radical (unpaired) electrons. The molecule has 168 valence electrons. The fourth-order valence-electron chi connectivity index (χ4n) is 2.85. The first-order valence-corrected chi connectivity index (χ1v) is 12.2. The molecular weight excluding hydrogens is 582 g/mol. The van der Waals surface area contributed by atoms with E-state index in [1.54, 1.807) is 19.3 Å². The van der Waals surface area contributed by atoms with Gasteiger partial charge in [0.15, 0.2) is 11.5 Å². The quantitative estimate of drug-likeness (QED) is 0.223. The molecule has 0 bridgehead atoms. The minimum Gasteiger partial charge on any atom is -0.493 e. The van der Waals surface area contributed by atoms with Crippen molar-refractivity contribution in [2.45, 2.75) is 13.0 Å². The van der Waals surface area contributed by atoms with Crippen molar-refractivity contribution in [2.24, 2.45) is 0 Å². The highest BCUT2D eigenvalue weighted by atomic mass is 79.9. The van der Waals surface area contributed by atoms with Crippen LogP contribution >= 0.6 is 55.8 Å². The number of ether oxygens (including phenoxy) is 3. The Kier molecular flexibility index (Phi) is 8.75. The molecule has 0 N–H and O–H groups in total. The van der Waals surface area contributed by atoms with Gasteiger partial charge in [0.25, 0.3) is 5.91 Å². The molecule has 1 amide bonds. The molecule has 2 aromatic carbocycles. The monoisotopic (exact) mass is 599 g/mol. The fraction of sp³-hybridized carbons (Fsp3) is 0.227. The van der Waals surface area contributed by atoms with Gasteiger partial charge in [-0.3, -0.25) is 14.5 Å². The number of amides is 1. The van der Waals surface area contributed by atoms with Crippen LogP contribution in [0, 0.1) is 0 Å². The first kappa shape index (κ1) is 24.8. The number of thioether (sulfide) groups is 1. The van der Waals surface area contributed by atoms with Gasteiger partial charge >= 0.3 is 5.97 Å². The lowest BCUT2D eigenvalue weighted by atomic mass is 10.1. The molecule has 10 heteroatoms. The van der Waals surface area contributed by atoms with Gasteiger partial charge in [-0.1, -0.05) is 52.0 Å². The first-order chi connectivity index (χ1) is 15.3. The zero-order valence-corrected chi connectivity index (χ0v) is 22.0. The molecular formula is C22H19Br2NO5S2. The number of hydrogen-bond acceptors (Lipinski definition) is 7. The topological polar surface area (TPSA) is 65.1 Å². The van der Waals surface area contributed by atoms with Gasteiger partial charge in [0.05, 0.1) is 30.0 Å². The maximum absolute atomic E-state index is 12.7. The minimum absolute atomic E-state index is 0.0833. The minimum atomic E-state index is -0.393. The van der Waals surface area contributed by atoms with E-state index in [0.717, 1.165) is 15.6 Å². The Labute approximate surface area is 212 Å². The Morgan fingerprint density at radius 1 is 1.19 bits per heavy atom. The van der Waals surface area contributed by atoms with Gasteiger partial charge < -0.3 is 14.2 Å². The second-order valence-corrected chi connectivity index (χ2v) is 10.1. The molecule has 1 heterocycles. The molecule has 1 fully saturated rings. The highest BCUT2D eigenvalue weighted by Gasteiger charge is 2.32. The van der Waals surface area contributed by atoms with Crippen molar-refractivity contribution in [1.29, 1.82) is 0 Å². The van der Waals surface area contributed by atoms with Crippen LogP contribution in [0.3, 0.4) is 0 Å². The molecule has 0 saturated carbocycles. The van der Waals surface area contributed by atoms with Crippen LogP contribution in [0.1, 0.15) is 17.5 Å². The lowest BCUT2D eigenvalue weighted by Gasteiger charge is -2.14.